The Hall–Kier alpha value is -1.14. The van der Waals surface area contributed by atoms with Crippen molar-refractivity contribution in [3.63, 3.8) is 0 Å². The Morgan fingerprint density at radius 1 is 1.29 bits per heavy atom. The van der Waals surface area contributed by atoms with Crippen LogP contribution in [0.25, 0.3) is 0 Å². The Bertz CT molecular complexity index is 360. The average molecular weight is 261 g/mol. The van der Waals surface area contributed by atoms with E-state index >= 15 is 0 Å². The molecule has 0 spiro atoms. The minimum absolute atomic E-state index is 0.0289. The summed E-state index contributed by atoms with van der Waals surface area (Å²) in [7, 11) is 0. The molecule has 0 aromatic carbocycles. The Labute approximate surface area is 105 Å². The standard InChI is InChI=1S/C10H17ClN4O2/c1-6(2)17-10-14-8(11)13-9(15-10)12-5-4-7(3)16/h6-7,16H,4-5H2,1-3H3,(H,12,13,14,15). The van der Waals surface area contributed by atoms with Crippen LogP contribution >= 0.6 is 11.6 Å². The van der Waals surface area contributed by atoms with Crippen LogP contribution in [0.5, 0.6) is 6.01 Å². The number of halogens is 1. The summed E-state index contributed by atoms with van der Waals surface area (Å²) in [6.45, 7) is 6.02. The molecule has 0 amide bonds. The van der Waals surface area contributed by atoms with Crippen LogP contribution in [0.4, 0.5) is 5.95 Å². The summed E-state index contributed by atoms with van der Waals surface area (Å²) in [6, 6.07) is 0.194. The van der Waals surface area contributed by atoms with E-state index in [9.17, 15) is 0 Å². The molecule has 2 N–H and O–H groups in total. The smallest absolute Gasteiger partial charge is 0.322 e. The molecule has 1 aromatic heterocycles. The third-order valence-corrected chi connectivity index (χ3v) is 1.94. The molecule has 17 heavy (non-hydrogen) atoms. The van der Waals surface area contributed by atoms with Gasteiger partial charge in [0.25, 0.3) is 0 Å². The first-order chi connectivity index (χ1) is 7.97. The highest BCUT2D eigenvalue weighted by molar-refractivity contribution is 6.28. The number of aliphatic hydroxyl groups is 1. The Morgan fingerprint density at radius 2 is 2.00 bits per heavy atom. The molecule has 0 aliphatic heterocycles. The molecule has 0 fully saturated rings. The van der Waals surface area contributed by atoms with Gasteiger partial charge in [-0.1, -0.05) is 0 Å². The third kappa shape index (κ3) is 5.65. The molecule has 96 valence electrons. The predicted molar refractivity (Wildman–Crippen MR) is 65.4 cm³/mol. The van der Waals surface area contributed by atoms with E-state index in [-0.39, 0.29) is 23.5 Å². The first-order valence-corrected chi connectivity index (χ1v) is 5.85. The second kappa shape index (κ2) is 6.56. The SMILES string of the molecule is CC(O)CCNc1nc(Cl)nc(OC(C)C)n1. The average Bonchev–Trinajstić information content (AvgIpc) is 2.14. The molecule has 1 atom stereocenters. The summed E-state index contributed by atoms with van der Waals surface area (Å²) in [6.07, 6.45) is 0.203. The molecule has 0 saturated heterocycles. The van der Waals surface area contributed by atoms with Crippen molar-refractivity contribution in [3.8, 4) is 6.01 Å². The molecule has 1 heterocycles. The summed E-state index contributed by atoms with van der Waals surface area (Å²) in [5.74, 6) is 0.348. The van der Waals surface area contributed by atoms with Gasteiger partial charge in [-0.2, -0.15) is 15.0 Å². The number of nitrogens with zero attached hydrogens (tertiary/aromatic N) is 3. The van der Waals surface area contributed by atoms with Gasteiger partial charge in [0, 0.05) is 6.54 Å². The number of hydrogen-bond acceptors (Lipinski definition) is 6. The van der Waals surface area contributed by atoms with Crippen LogP contribution < -0.4 is 10.1 Å². The van der Waals surface area contributed by atoms with E-state index in [1.807, 2.05) is 13.8 Å². The van der Waals surface area contributed by atoms with Gasteiger partial charge >= 0.3 is 6.01 Å². The van der Waals surface area contributed by atoms with Gasteiger partial charge in [-0.15, -0.1) is 0 Å². The van der Waals surface area contributed by atoms with Gasteiger partial charge in [0.15, 0.2) is 0 Å². The van der Waals surface area contributed by atoms with Gasteiger partial charge in [-0.05, 0) is 38.8 Å². The molecule has 0 saturated carbocycles. The fraction of sp³-hybridized carbons (Fsp3) is 0.700. The van der Waals surface area contributed by atoms with Gasteiger partial charge in [0.1, 0.15) is 0 Å². The van der Waals surface area contributed by atoms with Gasteiger partial charge in [-0.25, -0.2) is 0 Å². The van der Waals surface area contributed by atoms with Crippen LogP contribution in [0.3, 0.4) is 0 Å². The molecule has 1 unspecified atom stereocenters. The lowest BCUT2D eigenvalue weighted by atomic mass is 10.3. The highest BCUT2D eigenvalue weighted by Gasteiger charge is 2.07. The van der Waals surface area contributed by atoms with E-state index in [2.05, 4.69) is 20.3 Å². The van der Waals surface area contributed by atoms with E-state index in [4.69, 9.17) is 21.4 Å². The zero-order valence-electron chi connectivity index (χ0n) is 10.1. The predicted octanol–water partition coefficient (Wildman–Crippen LogP) is 1.49. The number of hydrogen-bond donors (Lipinski definition) is 2. The monoisotopic (exact) mass is 260 g/mol. The maximum atomic E-state index is 9.11. The van der Waals surface area contributed by atoms with Gasteiger partial charge < -0.3 is 15.2 Å². The minimum atomic E-state index is -0.369. The Kier molecular flexibility index (Phi) is 5.37. The zero-order valence-corrected chi connectivity index (χ0v) is 10.9. The highest BCUT2D eigenvalue weighted by Crippen LogP contribution is 2.12. The largest absolute Gasteiger partial charge is 0.461 e. The van der Waals surface area contributed by atoms with E-state index in [0.717, 1.165) is 0 Å². The van der Waals surface area contributed by atoms with Crippen LogP contribution in [-0.4, -0.2) is 38.8 Å². The van der Waals surface area contributed by atoms with Crippen LogP contribution in [0.1, 0.15) is 27.2 Å². The number of ether oxygens (including phenoxy) is 1. The maximum Gasteiger partial charge on any atom is 0.322 e. The van der Waals surface area contributed by atoms with Crippen molar-refractivity contribution in [1.29, 1.82) is 0 Å². The topological polar surface area (TPSA) is 80.2 Å². The van der Waals surface area contributed by atoms with Crippen molar-refractivity contribution < 1.29 is 9.84 Å². The quantitative estimate of drug-likeness (QED) is 0.807. The van der Waals surface area contributed by atoms with Crippen LogP contribution in [-0.2, 0) is 0 Å². The minimum Gasteiger partial charge on any atom is -0.461 e. The summed E-state index contributed by atoms with van der Waals surface area (Å²) >= 11 is 5.74. The zero-order chi connectivity index (χ0) is 12.8. The maximum absolute atomic E-state index is 9.11. The molecule has 0 bridgehead atoms. The number of rotatable bonds is 6. The van der Waals surface area contributed by atoms with Crippen molar-refractivity contribution >= 4 is 17.5 Å². The summed E-state index contributed by atoms with van der Waals surface area (Å²) in [5.41, 5.74) is 0. The first kappa shape index (κ1) is 13.9. The van der Waals surface area contributed by atoms with E-state index in [1.54, 1.807) is 6.92 Å². The first-order valence-electron chi connectivity index (χ1n) is 5.47. The molecule has 1 rings (SSSR count). The molecule has 0 radical (unpaired) electrons. The van der Waals surface area contributed by atoms with Crippen molar-refractivity contribution in [2.45, 2.75) is 39.4 Å². The number of aromatic nitrogens is 3. The van der Waals surface area contributed by atoms with Crippen molar-refractivity contribution in [1.82, 2.24) is 15.0 Å². The Balaban J connectivity index is 2.62. The van der Waals surface area contributed by atoms with Crippen LogP contribution in [0, 0.1) is 0 Å². The lowest BCUT2D eigenvalue weighted by molar-refractivity contribution is 0.188. The highest BCUT2D eigenvalue weighted by atomic mass is 35.5. The van der Waals surface area contributed by atoms with Crippen molar-refractivity contribution in [2.75, 3.05) is 11.9 Å². The lowest BCUT2D eigenvalue weighted by Crippen LogP contribution is -2.14. The molecule has 6 nitrogen and oxygen atoms in total. The second-order valence-electron chi connectivity index (χ2n) is 3.94. The summed E-state index contributed by atoms with van der Waals surface area (Å²) < 4.78 is 5.33. The molecule has 0 aliphatic carbocycles. The fourth-order valence-electron chi connectivity index (χ4n) is 1.07. The summed E-state index contributed by atoms with van der Waals surface area (Å²) in [5, 5.41) is 12.1. The van der Waals surface area contributed by atoms with E-state index < -0.39 is 0 Å². The fourth-order valence-corrected chi connectivity index (χ4v) is 1.22. The number of aliphatic hydroxyl groups excluding tert-OH is 1. The van der Waals surface area contributed by atoms with Gasteiger partial charge in [0.05, 0.1) is 12.2 Å². The van der Waals surface area contributed by atoms with Gasteiger partial charge in [0.2, 0.25) is 11.2 Å². The van der Waals surface area contributed by atoms with Crippen LogP contribution in [0.2, 0.25) is 5.28 Å². The number of nitrogens with one attached hydrogen (secondary N) is 1. The third-order valence-electron chi connectivity index (χ3n) is 1.77. The Morgan fingerprint density at radius 3 is 2.59 bits per heavy atom. The normalized spacial score (nSPS) is 12.6. The number of anilines is 1. The molecular weight excluding hydrogens is 244 g/mol. The second-order valence-corrected chi connectivity index (χ2v) is 4.28. The molecular formula is C10H17ClN4O2. The van der Waals surface area contributed by atoms with Crippen LogP contribution in [0.15, 0.2) is 0 Å². The molecule has 7 heteroatoms. The van der Waals surface area contributed by atoms with E-state index in [1.165, 1.54) is 0 Å². The van der Waals surface area contributed by atoms with Crippen molar-refractivity contribution in [3.05, 3.63) is 5.28 Å². The van der Waals surface area contributed by atoms with E-state index in [0.29, 0.717) is 18.9 Å². The lowest BCUT2D eigenvalue weighted by Gasteiger charge is -2.10. The van der Waals surface area contributed by atoms with Crippen molar-refractivity contribution in [2.24, 2.45) is 0 Å². The molecule has 1 aromatic rings. The summed E-state index contributed by atoms with van der Waals surface area (Å²) in [4.78, 5) is 11.8. The van der Waals surface area contributed by atoms with Gasteiger partial charge in [-0.3, -0.25) is 0 Å². The molecule has 0 aliphatic rings.